The summed E-state index contributed by atoms with van der Waals surface area (Å²) >= 11 is 0. The van der Waals surface area contributed by atoms with Crippen molar-refractivity contribution in [3.63, 3.8) is 0 Å². The number of hydrogen-bond donors (Lipinski definition) is 1. The number of rotatable bonds is 7. The largest absolute Gasteiger partial charge is 0.454 e. The predicted octanol–water partition coefficient (Wildman–Crippen LogP) is 4.12. The molecule has 0 aliphatic carbocycles. The van der Waals surface area contributed by atoms with E-state index in [4.69, 9.17) is 9.47 Å². The van der Waals surface area contributed by atoms with Gasteiger partial charge in [0.05, 0.1) is 0 Å². The van der Waals surface area contributed by atoms with Crippen molar-refractivity contribution in [3.8, 4) is 11.5 Å². The quantitative estimate of drug-likeness (QED) is 0.798. The zero-order chi connectivity index (χ0) is 18.5. The van der Waals surface area contributed by atoms with E-state index in [1.165, 1.54) is 31.2 Å². The van der Waals surface area contributed by atoms with Crippen LogP contribution in [0.4, 0.5) is 5.82 Å². The molecule has 0 saturated carbocycles. The Morgan fingerprint density at radius 2 is 2.04 bits per heavy atom. The van der Waals surface area contributed by atoms with Gasteiger partial charge in [-0.3, -0.25) is 0 Å². The number of benzene rings is 1. The minimum atomic E-state index is 0.314. The maximum Gasteiger partial charge on any atom is 0.231 e. The minimum Gasteiger partial charge on any atom is -0.454 e. The molecule has 0 unspecified atom stereocenters. The summed E-state index contributed by atoms with van der Waals surface area (Å²) in [5, 5.41) is 3.52. The van der Waals surface area contributed by atoms with E-state index in [2.05, 4.69) is 40.3 Å². The van der Waals surface area contributed by atoms with Crippen LogP contribution in [-0.4, -0.2) is 24.9 Å². The molecule has 1 saturated heterocycles. The molecule has 5 nitrogen and oxygen atoms in total. The molecule has 0 bridgehead atoms. The minimum absolute atomic E-state index is 0.314. The SMILES string of the molecule is CCCC1CCN(c2cc(CNCc3cccc4c3OCO4)ccn2)CC1. The van der Waals surface area contributed by atoms with Gasteiger partial charge in [-0.05, 0) is 42.5 Å². The van der Waals surface area contributed by atoms with Gasteiger partial charge in [-0.1, -0.05) is 31.9 Å². The van der Waals surface area contributed by atoms with E-state index in [1.807, 2.05) is 18.3 Å². The van der Waals surface area contributed by atoms with Crippen LogP contribution in [-0.2, 0) is 13.1 Å². The number of nitrogens with zero attached hydrogens (tertiary/aromatic N) is 2. The van der Waals surface area contributed by atoms with Gasteiger partial charge < -0.3 is 19.7 Å². The van der Waals surface area contributed by atoms with Crippen LogP contribution in [0.25, 0.3) is 0 Å². The van der Waals surface area contributed by atoms with Gasteiger partial charge in [0.25, 0.3) is 0 Å². The molecule has 0 amide bonds. The first kappa shape index (κ1) is 18.1. The van der Waals surface area contributed by atoms with Crippen LogP contribution in [0.1, 0.15) is 43.7 Å². The summed E-state index contributed by atoms with van der Waals surface area (Å²) in [6.45, 7) is 6.42. The summed E-state index contributed by atoms with van der Waals surface area (Å²) in [7, 11) is 0. The predicted molar refractivity (Wildman–Crippen MR) is 107 cm³/mol. The fraction of sp³-hybridized carbons (Fsp3) is 0.500. The molecule has 2 aliphatic rings. The van der Waals surface area contributed by atoms with Crippen LogP contribution in [0.15, 0.2) is 36.5 Å². The molecule has 0 spiro atoms. The van der Waals surface area contributed by atoms with Gasteiger partial charge in [0.1, 0.15) is 5.82 Å². The molecule has 2 aliphatic heterocycles. The van der Waals surface area contributed by atoms with Gasteiger partial charge in [-0.25, -0.2) is 4.98 Å². The van der Waals surface area contributed by atoms with Crippen LogP contribution >= 0.6 is 0 Å². The van der Waals surface area contributed by atoms with Crippen LogP contribution < -0.4 is 19.7 Å². The number of para-hydroxylation sites is 1. The third-order valence-electron chi connectivity index (χ3n) is 5.57. The number of ether oxygens (including phenoxy) is 2. The summed E-state index contributed by atoms with van der Waals surface area (Å²) in [6, 6.07) is 10.4. The molecule has 1 fully saturated rings. The van der Waals surface area contributed by atoms with Crippen molar-refractivity contribution >= 4 is 5.82 Å². The first-order valence-corrected chi connectivity index (χ1v) is 10.1. The second kappa shape index (κ2) is 8.61. The van der Waals surface area contributed by atoms with Gasteiger partial charge >= 0.3 is 0 Å². The second-order valence-electron chi connectivity index (χ2n) is 7.50. The Balaban J connectivity index is 1.32. The van der Waals surface area contributed by atoms with Crippen LogP contribution in [0.5, 0.6) is 11.5 Å². The lowest BCUT2D eigenvalue weighted by atomic mass is 9.92. The monoisotopic (exact) mass is 367 g/mol. The summed E-state index contributed by atoms with van der Waals surface area (Å²) < 4.78 is 11.0. The third kappa shape index (κ3) is 4.35. The van der Waals surface area contributed by atoms with Crippen molar-refractivity contribution in [2.24, 2.45) is 5.92 Å². The fourth-order valence-electron chi connectivity index (χ4n) is 4.07. The molecule has 0 radical (unpaired) electrons. The lowest BCUT2D eigenvalue weighted by Crippen LogP contribution is -2.34. The molecule has 2 aromatic rings. The van der Waals surface area contributed by atoms with E-state index in [1.54, 1.807) is 0 Å². The van der Waals surface area contributed by atoms with Crippen molar-refractivity contribution in [3.05, 3.63) is 47.7 Å². The zero-order valence-corrected chi connectivity index (χ0v) is 16.1. The summed E-state index contributed by atoms with van der Waals surface area (Å²) in [5.41, 5.74) is 2.40. The van der Waals surface area contributed by atoms with Crippen molar-refractivity contribution < 1.29 is 9.47 Å². The summed E-state index contributed by atoms with van der Waals surface area (Å²) in [6.07, 6.45) is 7.18. The average molecular weight is 367 g/mol. The Labute approximate surface area is 161 Å². The molecule has 4 rings (SSSR count). The van der Waals surface area contributed by atoms with Crippen molar-refractivity contribution in [2.45, 2.75) is 45.7 Å². The molecule has 1 N–H and O–H groups in total. The van der Waals surface area contributed by atoms with Gasteiger partial charge in [-0.15, -0.1) is 0 Å². The van der Waals surface area contributed by atoms with E-state index in [0.717, 1.165) is 55.0 Å². The topological polar surface area (TPSA) is 46.6 Å². The van der Waals surface area contributed by atoms with E-state index < -0.39 is 0 Å². The van der Waals surface area contributed by atoms with Crippen LogP contribution in [0.3, 0.4) is 0 Å². The van der Waals surface area contributed by atoms with E-state index >= 15 is 0 Å². The van der Waals surface area contributed by atoms with Crippen molar-refractivity contribution in [2.75, 3.05) is 24.8 Å². The molecule has 1 aromatic carbocycles. The van der Waals surface area contributed by atoms with Crippen LogP contribution in [0.2, 0.25) is 0 Å². The number of piperidine rings is 1. The number of aromatic nitrogens is 1. The standard InChI is InChI=1S/C22H29N3O2/c1-2-4-17-8-11-25(12-9-17)21-13-18(7-10-24-21)14-23-15-19-5-3-6-20-22(19)27-16-26-20/h3,5-7,10,13,17,23H,2,4,8-9,11-12,14-16H2,1H3. The first-order valence-electron chi connectivity index (χ1n) is 10.1. The van der Waals surface area contributed by atoms with Crippen molar-refractivity contribution in [1.29, 1.82) is 0 Å². The first-order chi connectivity index (χ1) is 13.3. The lowest BCUT2D eigenvalue weighted by Gasteiger charge is -2.32. The Kier molecular flexibility index (Phi) is 5.78. The highest BCUT2D eigenvalue weighted by molar-refractivity contribution is 5.48. The summed E-state index contributed by atoms with van der Waals surface area (Å²) in [4.78, 5) is 7.04. The molecular weight excluding hydrogens is 338 g/mol. The molecule has 3 heterocycles. The Hall–Kier alpha value is -2.27. The van der Waals surface area contributed by atoms with Gasteiger partial charge in [0, 0.05) is 37.9 Å². The lowest BCUT2D eigenvalue weighted by molar-refractivity contribution is 0.173. The molecule has 0 atom stereocenters. The van der Waals surface area contributed by atoms with Gasteiger partial charge in [-0.2, -0.15) is 0 Å². The highest BCUT2D eigenvalue weighted by Gasteiger charge is 2.20. The highest BCUT2D eigenvalue weighted by atomic mass is 16.7. The molecule has 5 heteroatoms. The van der Waals surface area contributed by atoms with Gasteiger partial charge in [0.15, 0.2) is 11.5 Å². The second-order valence-corrected chi connectivity index (χ2v) is 7.50. The zero-order valence-electron chi connectivity index (χ0n) is 16.1. The van der Waals surface area contributed by atoms with Crippen molar-refractivity contribution in [1.82, 2.24) is 10.3 Å². The number of fused-ring (bicyclic) bond motifs is 1. The summed E-state index contributed by atoms with van der Waals surface area (Å²) in [5.74, 6) is 3.72. The fourth-order valence-corrected chi connectivity index (χ4v) is 4.07. The maximum absolute atomic E-state index is 5.58. The van der Waals surface area contributed by atoms with Crippen LogP contribution in [0, 0.1) is 5.92 Å². The number of pyridine rings is 1. The molecular formula is C22H29N3O2. The average Bonchev–Trinajstić information content (AvgIpc) is 3.19. The number of hydrogen-bond acceptors (Lipinski definition) is 5. The maximum atomic E-state index is 5.58. The van der Waals surface area contributed by atoms with E-state index in [-0.39, 0.29) is 0 Å². The van der Waals surface area contributed by atoms with E-state index in [9.17, 15) is 0 Å². The Morgan fingerprint density at radius 1 is 1.15 bits per heavy atom. The van der Waals surface area contributed by atoms with E-state index in [0.29, 0.717) is 6.79 Å². The normalized spacial score (nSPS) is 16.7. The Morgan fingerprint density at radius 3 is 2.89 bits per heavy atom. The van der Waals surface area contributed by atoms with Gasteiger partial charge in [0.2, 0.25) is 6.79 Å². The number of anilines is 1. The molecule has 144 valence electrons. The molecule has 27 heavy (non-hydrogen) atoms. The number of nitrogens with one attached hydrogen (secondary N) is 1. The smallest absolute Gasteiger partial charge is 0.231 e. The molecule has 1 aromatic heterocycles. The highest BCUT2D eigenvalue weighted by Crippen LogP contribution is 2.35. The Bertz CT molecular complexity index is 757. The third-order valence-corrected chi connectivity index (χ3v) is 5.57.